The fourth-order valence-electron chi connectivity index (χ4n) is 1.64. The van der Waals surface area contributed by atoms with Crippen molar-refractivity contribution in [2.45, 2.75) is 19.8 Å². The number of hydrogen-bond donors (Lipinski definition) is 0. The van der Waals surface area contributed by atoms with E-state index in [2.05, 4.69) is 43.1 Å². The zero-order valence-corrected chi connectivity index (χ0v) is 11.4. The lowest BCUT2D eigenvalue weighted by molar-refractivity contribution is 0.866. The maximum Gasteiger partial charge on any atom is 0.0630 e. The molecule has 0 spiro atoms. The Labute approximate surface area is 113 Å². The molecule has 0 atom stereocenters. The highest BCUT2D eigenvalue weighted by molar-refractivity contribution is 6.30. The Kier molecular flexibility index (Phi) is 4.16. The minimum Gasteiger partial charge on any atom is -0.256 e. The van der Waals surface area contributed by atoms with Gasteiger partial charge in [-0.1, -0.05) is 49.7 Å². The van der Waals surface area contributed by atoms with Crippen molar-refractivity contribution in [3.8, 4) is 0 Å². The van der Waals surface area contributed by atoms with Crippen LogP contribution in [0.25, 0.3) is 0 Å². The van der Waals surface area contributed by atoms with E-state index in [1.54, 1.807) is 0 Å². The Hall–Kier alpha value is -1.60. The maximum atomic E-state index is 5.82. The average molecular weight is 258 g/mol. The van der Waals surface area contributed by atoms with E-state index >= 15 is 0 Å². The van der Waals surface area contributed by atoms with Crippen LogP contribution in [0.2, 0.25) is 5.02 Å². The zero-order valence-electron chi connectivity index (χ0n) is 10.6. The first-order chi connectivity index (χ1) is 8.65. The van der Waals surface area contributed by atoms with Crippen molar-refractivity contribution in [1.29, 1.82) is 0 Å². The van der Waals surface area contributed by atoms with Crippen LogP contribution >= 0.6 is 11.6 Å². The summed E-state index contributed by atoms with van der Waals surface area (Å²) in [5.74, 6) is 0.562. The molecule has 1 nitrogen and oxygen atoms in total. The van der Waals surface area contributed by atoms with Crippen LogP contribution in [0.5, 0.6) is 0 Å². The van der Waals surface area contributed by atoms with Crippen molar-refractivity contribution in [2.75, 3.05) is 0 Å². The van der Waals surface area contributed by atoms with Crippen molar-refractivity contribution in [3.63, 3.8) is 0 Å². The van der Waals surface area contributed by atoms with Crippen molar-refractivity contribution in [1.82, 2.24) is 0 Å². The second kappa shape index (κ2) is 5.83. The van der Waals surface area contributed by atoms with E-state index in [1.165, 1.54) is 5.56 Å². The van der Waals surface area contributed by atoms with Gasteiger partial charge in [-0.3, -0.25) is 4.99 Å². The third-order valence-electron chi connectivity index (χ3n) is 2.79. The molecule has 2 rings (SSSR count). The molecule has 0 unspecified atom stereocenters. The van der Waals surface area contributed by atoms with Crippen molar-refractivity contribution >= 4 is 23.5 Å². The topological polar surface area (TPSA) is 12.4 Å². The van der Waals surface area contributed by atoms with Gasteiger partial charge in [-0.25, -0.2) is 0 Å². The van der Waals surface area contributed by atoms with E-state index in [-0.39, 0.29) is 0 Å². The molecule has 2 aromatic rings. The molecule has 2 aromatic carbocycles. The SMILES string of the molecule is CC(C)c1ccc(C=Nc2ccc(Cl)cc2)cc1. The fraction of sp³-hybridized carbons (Fsp3) is 0.188. The van der Waals surface area contributed by atoms with Crippen LogP contribution in [0.1, 0.15) is 30.9 Å². The van der Waals surface area contributed by atoms with Crippen LogP contribution in [-0.4, -0.2) is 6.21 Å². The molecular formula is C16H16ClN. The number of aliphatic imine (C=N–C) groups is 1. The van der Waals surface area contributed by atoms with Gasteiger partial charge in [0.05, 0.1) is 5.69 Å². The number of benzene rings is 2. The van der Waals surface area contributed by atoms with E-state index in [0.29, 0.717) is 5.92 Å². The normalized spacial score (nSPS) is 11.3. The summed E-state index contributed by atoms with van der Waals surface area (Å²) < 4.78 is 0. The minimum atomic E-state index is 0.562. The highest BCUT2D eigenvalue weighted by atomic mass is 35.5. The van der Waals surface area contributed by atoms with Crippen LogP contribution in [0.4, 0.5) is 5.69 Å². The van der Waals surface area contributed by atoms with Gasteiger partial charge in [0.1, 0.15) is 0 Å². The second-order valence-corrected chi connectivity index (χ2v) is 4.99. The summed E-state index contributed by atoms with van der Waals surface area (Å²) in [6.45, 7) is 4.38. The average Bonchev–Trinajstić information content (AvgIpc) is 2.38. The summed E-state index contributed by atoms with van der Waals surface area (Å²) >= 11 is 5.82. The predicted molar refractivity (Wildman–Crippen MR) is 79.2 cm³/mol. The first kappa shape index (κ1) is 12.8. The molecule has 0 N–H and O–H groups in total. The van der Waals surface area contributed by atoms with E-state index < -0.39 is 0 Å². The van der Waals surface area contributed by atoms with Gasteiger partial charge in [-0.15, -0.1) is 0 Å². The second-order valence-electron chi connectivity index (χ2n) is 4.56. The summed E-state index contributed by atoms with van der Waals surface area (Å²) in [4.78, 5) is 4.41. The number of halogens is 1. The molecule has 2 heteroatoms. The van der Waals surface area contributed by atoms with Crippen molar-refractivity contribution < 1.29 is 0 Å². The molecule has 18 heavy (non-hydrogen) atoms. The molecule has 0 radical (unpaired) electrons. The molecule has 0 aliphatic heterocycles. The predicted octanol–water partition coefficient (Wildman–Crippen LogP) is 5.21. The molecule has 0 fully saturated rings. The molecule has 0 saturated heterocycles. The summed E-state index contributed by atoms with van der Waals surface area (Å²) in [5, 5.41) is 0.732. The number of hydrogen-bond acceptors (Lipinski definition) is 1. The zero-order chi connectivity index (χ0) is 13.0. The van der Waals surface area contributed by atoms with Crippen LogP contribution in [0.3, 0.4) is 0 Å². The maximum absolute atomic E-state index is 5.82. The summed E-state index contributed by atoms with van der Waals surface area (Å²) in [7, 11) is 0. The van der Waals surface area contributed by atoms with Gasteiger partial charge in [0.2, 0.25) is 0 Å². The first-order valence-electron chi connectivity index (χ1n) is 6.05. The summed E-state index contributed by atoms with van der Waals surface area (Å²) in [5.41, 5.74) is 3.36. The van der Waals surface area contributed by atoms with Gasteiger partial charge in [0.25, 0.3) is 0 Å². The Bertz CT molecular complexity index is 524. The molecule has 0 amide bonds. The van der Waals surface area contributed by atoms with E-state index in [4.69, 9.17) is 11.6 Å². The largest absolute Gasteiger partial charge is 0.256 e. The Morgan fingerprint density at radius 2 is 1.56 bits per heavy atom. The number of rotatable bonds is 3. The molecule has 0 aliphatic carbocycles. The monoisotopic (exact) mass is 257 g/mol. The van der Waals surface area contributed by atoms with Gasteiger partial charge >= 0.3 is 0 Å². The summed E-state index contributed by atoms with van der Waals surface area (Å²) in [6.07, 6.45) is 1.87. The van der Waals surface area contributed by atoms with Gasteiger partial charge in [0, 0.05) is 11.2 Å². The highest BCUT2D eigenvalue weighted by Crippen LogP contribution is 2.17. The van der Waals surface area contributed by atoms with Gasteiger partial charge in [-0.05, 0) is 41.3 Å². The third kappa shape index (κ3) is 3.44. The van der Waals surface area contributed by atoms with E-state index in [9.17, 15) is 0 Å². The molecule has 0 aromatic heterocycles. The minimum absolute atomic E-state index is 0.562. The van der Waals surface area contributed by atoms with Gasteiger partial charge in [-0.2, -0.15) is 0 Å². The Morgan fingerprint density at radius 3 is 2.11 bits per heavy atom. The van der Waals surface area contributed by atoms with Crippen LogP contribution in [0.15, 0.2) is 53.5 Å². The lowest BCUT2D eigenvalue weighted by Gasteiger charge is -2.04. The van der Waals surface area contributed by atoms with Gasteiger partial charge < -0.3 is 0 Å². The van der Waals surface area contributed by atoms with Crippen LogP contribution in [-0.2, 0) is 0 Å². The van der Waals surface area contributed by atoms with Crippen LogP contribution < -0.4 is 0 Å². The quantitative estimate of drug-likeness (QED) is 0.669. The fourth-order valence-corrected chi connectivity index (χ4v) is 1.77. The first-order valence-corrected chi connectivity index (χ1v) is 6.42. The van der Waals surface area contributed by atoms with Gasteiger partial charge in [0.15, 0.2) is 0 Å². The van der Waals surface area contributed by atoms with Crippen molar-refractivity contribution in [2.24, 2.45) is 4.99 Å². The van der Waals surface area contributed by atoms with E-state index in [0.717, 1.165) is 16.3 Å². The molecule has 0 heterocycles. The van der Waals surface area contributed by atoms with Crippen LogP contribution in [0, 0.1) is 0 Å². The Balaban J connectivity index is 2.11. The molecule has 0 saturated carbocycles. The summed E-state index contributed by atoms with van der Waals surface area (Å²) in [6, 6.07) is 16.0. The molecular weight excluding hydrogens is 242 g/mol. The molecule has 92 valence electrons. The van der Waals surface area contributed by atoms with Crippen molar-refractivity contribution in [3.05, 3.63) is 64.7 Å². The third-order valence-corrected chi connectivity index (χ3v) is 3.04. The standard InChI is InChI=1S/C16H16ClN/c1-12(2)14-5-3-13(4-6-14)11-18-16-9-7-15(17)8-10-16/h3-12H,1-2H3. The lowest BCUT2D eigenvalue weighted by Crippen LogP contribution is -1.87. The lowest BCUT2D eigenvalue weighted by atomic mass is 10.0. The van der Waals surface area contributed by atoms with E-state index in [1.807, 2.05) is 30.5 Å². The number of nitrogens with zero attached hydrogens (tertiary/aromatic N) is 1. The smallest absolute Gasteiger partial charge is 0.0630 e. The Morgan fingerprint density at radius 1 is 0.944 bits per heavy atom. The molecule has 0 aliphatic rings. The molecule has 0 bridgehead atoms. The highest BCUT2D eigenvalue weighted by Gasteiger charge is 1.97.